The van der Waals surface area contributed by atoms with Gasteiger partial charge in [-0.15, -0.1) is 11.3 Å². The molecule has 0 aliphatic carbocycles. The third-order valence-corrected chi connectivity index (χ3v) is 5.21. The normalized spacial score (nSPS) is 12.6. The highest BCUT2D eigenvalue weighted by atomic mass is 79.9. The number of halogens is 2. The first-order valence-electron chi connectivity index (χ1n) is 6.06. The SMILES string of the molecule is CC(Nc1cnc(Cl)c(Br)c1)c1nc2ccccc2s1. The van der Waals surface area contributed by atoms with Crippen LogP contribution in [0, 0.1) is 0 Å². The van der Waals surface area contributed by atoms with Crippen LogP contribution in [0.25, 0.3) is 10.2 Å². The molecular formula is C14H11BrClN3S. The van der Waals surface area contributed by atoms with Crippen molar-refractivity contribution in [2.75, 3.05) is 5.32 Å². The van der Waals surface area contributed by atoms with Crippen molar-refractivity contribution in [3.8, 4) is 0 Å². The molecule has 2 heterocycles. The fraction of sp³-hybridized carbons (Fsp3) is 0.143. The molecule has 0 amide bonds. The number of nitrogens with zero attached hydrogens (tertiary/aromatic N) is 2. The van der Waals surface area contributed by atoms with E-state index in [0.29, 0.717) is 5.15 Å². The zero-order valence-electron chi connectivity index (χ0n) is 10.6. The van der Waals surface area contributed by atoms with E-state index in [-0.39, 0.29) is 6.04 Å². The maximum Gasteiger partial charge on any atom is 0.143 e. The summed E-state index contributed by atoms with van der Waals surface area (Å²) >= 11 is 11.0. The van der Waals surface area contributed by atoms with Crippen molar-refractivity contribution in [2.24, 2.45) is 0 Å². The quantitative estimate of drug-likeness (QED) is 0.639. The number of nitrogens with one attached hydrogen (secondary N) is 1. The highest BCUT2D eigenvalue weighted by molar-refractivity contribution is 9.10. The summed E-state index contributed by atoms with van der Waals surface area (Å²) in [6.45, 7) is 2.08. The summed E-state index contributed by atoms with van der Waals surface area (Å²) in [7, 11) is 0. The van der Waals surface area contributed by atoms with E-state index in [1.807, 2.05) is 24.3 Å². The van der Waals surface area contributed by atoms with E-state index in [0.717, 1.165) is 20.7 Å². The zero-order valence-corrected chi connectivity index (χ0v) is 13.8. The summed E-state index contributed by atoms with van der Waals surface area (Å²) < 4.78 is 1.98. The number of fused-ring (bicyclic) bond motifs is 1. The smallest absolute Gasteiger partial charge is 0.143 e. The van der Waals surface area contributed by atoms with Gasteiger partial charge in [0.15, 0.2) is 0 Å². The van der Waals surface area contributed by atoms with Crippen molar-refractivity contribution in [1.82, 2.24) is 9.97 Å². The molecule has 0 saturated carbocycles. The van der Waals surface area contributed by atoms with Crippen molar-refractivity contribution in [1.29, 1.82) is 0 Å². The van der Waals surface area contributed by atoms with Crippen LogP contribution < -0.4 is 5.32 Å². The summed E-state index contributed by atoms with van der Waals surface area (Å²) in [6, 6.07) is 10.2. The van der Waals surface area contributed by atoms with Crippen LogP contribution in [0.15, 0.2) is 41.0 Å². The van der Waals surface area contributed by atoms with Gasteiger partial charge in [-0.1, -0.05) is 23.7 Å². The summed E-state index contributed by atoms with van der Waals surface area (Å²) in [4.78, 5) is 8.75. The Morgan fingerprint density at radius 3 is 2.90 bits per heavy atom. The molecule has 0 aliphatic rings. The Morgan fingerprint density at radius 1 is 1.35 bits per heavy atom. The molecule has 1 atom stereocenters. The van der Waals surface area contributed by atoms with E-state index < -0.39 is 0 Å². The molecule has 0 bridgehead atoms. The van der Waals surface area contributed by atoms with Gasteiger partial charge in [0.05, 0.1) is 32.6 Å². The number of pyridine rings is 1. The molecule has 0 aliphatic heterocycles. The van der Waals surface area contributed by atoms with Crippen LogP contribution in [0.3, 0.4) is 0 Å². The molecule has 0 fully saturated rings. The molecular weight excluding hydrogens is 358 g/mol. The molecule has 1 aromatic carbocycles. The van der Waals surface area contributed by atoms with Gasteiger partial charge in [-0.3, -0.25) is 0 Å². The second kappa shape index (κ2) is 5.68. The van der Waals surface area contributed by atoms with E-state index in [2.05, 4.69) is 44.2 Å². The molecule has 1 unspecified atom stereocenters. The molecule has 2 aromatic heterocycles. The van der Waals surface area contributed by atoms with Crippen LogP contribution in [0.1, 0.15) is 18.0 Å². The van der Waals surface area contributed by atoms with Crippen molar-refractivity contribution in [3.63, 3.8) is 0 Å². The number of para-hydroxylation sites is 1. The topological polar surface area (TPSA) is 37.8 Å². The second-order valence-electron chi connectivity index (χ2n) is 4.38. The van der Waals surface area contributed by atoms with E-state index in [1.54, 1.807) is 17.5 Å². The maximum absolute atomic E-state index is 5.89. The standard InChI is InChI=1S/C14H11BrClN3S/c1-8(18-9-6-10(15)13(16)17-7-9)14-19-11-4-2-3-5-12(11)20-14/h2-8,18H,1H3. The first-order chi connectivity index (χ1) is 9.63. The lowest BCUT2D eigenvalue weighted by atomic mass is 10.3. The predicted molar refractivity (Wildman–Crippen MR) is 88.6 cm³/mol. The van der Waals surface area contributed by atoms with E-state index in [1.165, 1.54) is 4.70 Å². The van der Waals surface area contributed by atoms with Gasteiger partial charge in [-0.25, -0.2) is 9.97 Å². The monoisotopic (exact) mass is 367 g/mol. The van der Waals surface area contributed by atoms with Crippen molar-refractivity contribution in [2.45, 2.75) is 13.0 Å². The van der Waals surface area contributed by atoms with Crippen molar-refractivity contribution >= 4 is 54.8 Å². The molecule has 0 radical (unpaired) electrons. The Labute approximate surface area is 134 Å². The van der Waals surface area contributed by atoms with E-state index in [9.17, 15) is 0 Å². The minimum Gasteiger partial charge on any atom is -0.375 e. The van der Waals surface area contributed by atoms with Gasteiger partial charge < -0.3 is 5.32 Å². The van der Waals surface area contributed by atoms with Crippen LogP contribution in [-0.4, -0.2) is 9.97 Å². The average Bonchev–Trinajstić information content (AvgIpc) is 2.87. The van der Waals surface area contributed by atoms with Gasteiger partial charge in [0.1, 0.15) is 10.2 Å². The summed E-state index contributed by atoms with van der Waals surface area (Å²) in [5.41, 5.74) is 1.95. The molecule has 3 aromatic rings. The number of thiazole rings is 1. The molecule has 0 spiro atoms. The van der Waals surface area contributed by atoms with Crippen LogP contribution in [0.2, 0.25) is 5.15 Å². The van der Waals surface area contributed by atoms with Gasteiger partial charge in [0.2, 0.25) is 0 Å². The Bertz CT molecular complexity index is 726. The Kier molecular flexibility index (Phi) is 3.92. The second-order valence-corrected chi connectivity index (χ2v) is 6.66. The number of rotatable bonds is 3. The van der Waals surface area contributed by atoms with Gasteiger partial charge in [0, 0.05) is 0 Å². The van der Waals surface area contributed by atoms with Gasteiger partial charge in [0.25, 0.3) is 0 Å². The molecule has 1 N–H and O–H groups in total. The fourth-order valence-corrected chi connectivity index (χ4v) is 3.31. The third-order valence-electron chi connectivity index (χ3n) is 2.86. The number of aromatic nitrogens is 2. The summed E-state index contributed by atoms with van der Waals surface area (Å²) in [5.74, 6) is 0. The van der Waals surface area contributed by atoms with Gasteiger partial charge in [-0.05, 0) is 41.1 Å². The van der Waals surface area contributed by atoms with Crippen LogP contribution in [0.4, 0.5) is 5.69 Å². The van der Waals surface area contributed by atoms with Crippen molar-refractivity contribution in [3.05, 3.63) is 51.2 Å². The third kappa shape index (κ3) is 2.80. The molecule has 102 valence electrons. The number of benzene rings is 1. The summed E-state index contributed by atoms with van der Waals surface area (Å²) in [5, 5.41) is 4.90. The summed E-state index contributed by atoms with van der Waals surface area (Å²) in [6.07, 6.45) is 1.72. The molecule has 20 heavy (non-hydrogen) atoms. The number of hydrogen-bond donors (Lipinski definition) is 1. The zero-order chi connectivity index (χ0) is 14.1. The van der Waals surface area contributed by atoms with Gasteiger partial charge >= 0.3 is 0 Å². The predicted octanol–water partition coefficient (Wildman–Crippen LogP) is 5.28. The van der Waals surface area contributed by atoms with E-state index >= 15 is 0 Å². The Balaban J connectivity index is 1.84. The minimum atomic E-state index is 0.113. The minimum absolute atomic E-state index is 0.113. The van der Waals surface area contributed by atoms with Crippen molar-refractivity contribution < 1.29 is 0 Å². The largest absolute Gasteiger partial charge is 0.375 e. The van der Waals surface area contributed by atoms with E-state index in [4.69, 9.17) is 11.6 Å². The lowest BCUT2D eigenvalue weighted by Gasteiger charge is -2.12. The number of hydrogen-bond acceptors (Lipinski definition) is 4. The first kappa shape index (κ1) is 13.8. The highest BCUT2D eigenvalue weighted by Crippen LogP contribution is 2.29. The molecule has 0 saturated heterocycles. The Hall–Kier alpha value is -1.17. The molecule has 6 heteroatoms. The van der Waals surface area contributed by atoms with Gasteiger partial charge in [-0.2, -0.15) is 0 Å². The number of anilines is 1. The Morgan fingerprint density at radius 2 is 2.15 bits per heavy atom. The fourth-order valence-electron chi connectivity index (χ4n) is 1.89. The molecule has 3 rings (SSSR count). The average molecular weight is 369 g/mol. The van der Waals surface area contributed by atoms with Crippen LogP contribution >= 0.6 is 38.9 Å². The lowest BCUT2D eigenvalue weighted by molar-refractivity contribution is 0.872. The maximum atomic E-state index is 5.89. The van der Waals surface area contributed by atoms with Crippen LogP contribution in [-0.2, 0) is 0 Å². The van der Waals surface area contributed by atoms with Crippen LogP contribution in [0.5, 0.6) is 0 Å². The first-order valence-corrected chi connectivity index (χ1v) is 8.05. The highest BCUT2D eigenvalue weighted by Gasteiger charge is 2.12. The lowest BCUT2D eigenvalue weighted by Crippen LogP contribution is -2.06. The molecule has 3 nitrogen and oxygen atoms in total.